The molecule has 22 heavy (non-hydrogen) atoms. The van der Waals surface area contributed by atoms with Crippen LogP contribution < -0.4 is 14.8 Å². The molecular weight excluding hydrogens is 278 g/mol. The van der Waals surface area contributed by atoms with Gasteiger partial charge in [0.2, 0.25) is 0 Å². The van der Waals surface area contributed by atoms with E-state index in [9.17, 15) is 4.79 Å². The number of hydrogen-bond acceptors (Lipinski definition) is 3. The molecule has 0 spiro atoms. The SMILES string of the molecule is CC(C)COc1ccc(NC(=O)COc2ccccc2)cc1. The molecule has 4 heteroatoms. The highest BCUT2D eigenvalue weighted by atomic mass is 16.5. The molecule has 1 N–H and O–H groups in total. The van der Waals surface area contributed by atoms with Crippen LogP contribution in [0.2, 0.25) is 0 Å². The van der Waals surface area contributed by atoms with Crippen molar-refractivity contribution in [3.8, 4) is 11.5 Å². The first-order chi connectivity index (χ1) is 10.6. The van der Waals surface area contributed by atoms with Gasteiger partial charge in [-0.15, -0.1) is 0 Å². The molecule has 0 fully saturated rings. The van der Waals surface area contributed by atoms with E-state index in [4.69, 9.17) is 9.47 Å². The molecule has 0 aliphatic heterocycles. The average Bonchev–Trinajstić information content (AvgIpc) is 2.53. The number of anilines is 1. The van der Waals surface area contributed by atoms with Gasteiger partial charge in [-0.3, -0.25) is 4.79 Å². The smallest absolute Gasteiger partial charge is 0.262 e. The summed E-state index contributed by atoms with van der Waals surface area (Å²) >= 11 is 0. The fraction of sp³-hybridized carbons (Fsp3) is 0.278. The van der Waals surface area contributed by atoms with Crippen molar-refractivity contribution in [2.24, 2.45) is 5.92 Å². The zero-order valence-electron chi connectivity index (χ0n) is 12.9. The Morgan fingerprint density at radius 2 is 1.59 bits per heavy atom. The van der Waals surface area contributed by atoms with Crippen molar-refractivity contribution in [3.63, 3.8) is 0 Å². The number of hydrogen-bond donors (Lipinski definition) is 1. The second-order valence-corrected chi connectivity index (χ2v) is 5.38. The Bertz CT molecular complexity index is 579. The summed E-state index contributed by atoms with van der Waals surface area (Å²) in [5.74, 6) is 1.76. The van der Waals surface area contributed by atoms with Crippen molar-refractivity contribution in [2.75, 3.05) is 18.5 Å². The van der Waals surface area contributed by atoms with Crippen molar-refractivity contribution >= 4 is 11.6 Å². The Labute approximate surface area is 131 Å². The van der Waals surface area contributed by atoms with Crippen LogP contribution in [0, 0.1) is 5.92 Å². The molecule has 0 aromatic heterocycles. The van der Waals surface area contributed by atoms with Crippen LogP contribution in [0.15, 0.2) is 54.6 Å². The van der Waals surface area contributed by atoms with Crippen LogP contribution >= 0.6 is 0 Å². The molecule has 2 aromatic carbocycles. The normalized spacial score (nSPS) is 10.3. The highest BCUT2D eigenvalue weighted by molar-refractivity contribution is 5.91. The lowest BCUT2D eigenvalue weighted by molar-refractivity contribution is -0.118. The highest BCUT2D eigenvalue weighted by Gasteiger charge is 2.04. The fourth-order valence-corrected chi connectivity index (χ4v) is 1.76. The Hall–Kier alpha value is -2.49. The summed E-state index contributed by atoms with van der Waals surface area (Å²) in [6.07, 6.45) is 0. The molecule has 0 heterocycles. The third kappa shape index (κ3) is 5.48. The highest BCUT2D eigenvalue weighted by Crippen LogP contribution is 2.16. The Balaban J connectivity index is 1.79. The molecule has 0 bridgehead atoms. The number of nitrogens with one attached hydrogen (secondary N) is 1. The van der Waals surface area contributed by atoms with Crippen LogP contribution in [0.5, 0.6) is 11.5 Å². The molecule has 0 aliphatic carbocycles. The van der Waals surface area contributed by atoms with Crippen molar-refractivity contribution < 1.29 is 14.3 Å². The molecule has 0 radical (unpaired) electrons. The van der Waals surface area contributed by atoms with E-state index in [0.29, 0.717) is 18.3 Å². The van der Waals surface area contributed by atoms with E-state index in [1.54, 1.807) is 0 Å². The lowest BCUT2D eigenvalue weighted by Crippen LogP contribution is -2.20. The lowest BCUT2D eigenvalue weighted by Gasteiger charge is -2.10. The number of carbonyl (C=O) groups is 1. The van der Waals surface area contributed by atoms with Crippen molar-refractivity contribution in [1.29, 1.82) is 0 Å². The quantitative estimate of drug-likeness (QED) is 0.847. The number of carbonyl (C=O) groups excluding carboxylic acids is 1. The predicted octanol–water partition coefficient (Wildman–Crippen LogP) is 3.74. The number of amides is 1. The zero-order valence-corrected chi connectivity index (χ0v) is 12.9. The molecule has 2 rings (SSSR count). The minimum Gasteiger partial charge on any atom is -0.493 e. The van der Waals surface area contributed by atoms with E-state index in [-0.39, 0.29) is 12.5 Å². The number of para-hydroxylation sites is 1. The zero-order chi connectivity index (χ0) is 15.8. The van der Waals surface area contributed by atoms with Gasteiger partial charge >= 0.3 is 0 Å². The predicted molar refractivity (Wildman–Crippen MR) is 87.3 cm³/mol. The van der Waals surface area contributed by atoms with Crippen molar-refractivity contribution in [2.45, 2.75) is 13.8 Å². The first-order valence-electron chi connectivity index (χ1n) is 7.34. The summed E-state index contributed by atoms with van der Waals surface area (Å²) in [7, 11) is 0. The van der Waals surface area contributed by atoms with Crippen molar-refractivity contribution in [3.05, 3.63) is 54.6 Å². The standard InChI is InChI=1S/C18H21NO3/c1-14(2)12-21-17-10-8-15(9-11-17)19-18(20)13-22-16-6-4-3-5-7-16/h3-11,14H,12-13H2,1-2H3,(H,19,20). The summed E-state index contributed by atoms with van der Waals surface area (Å²) in [5.41, 5.74) is 0.721. The van der Waals surface area contributed by atoms with Gasteiger partial charge in [-0.25, -0.2) is 0 Å². The largest absolute Gasteiger partial charge is 0.493 e. The molecule has 0 atom stereocenters. The van der Waals surface area contributed by atoms with Gasteiger partial charge in [0.15, 0.2) is 6.61 Å². The summed E-state index contributed by atoms with van der Waals surface area (Å²) in [5, 5.41) is 2.78. The maximum Gasteiger partial charge on any atom is 0.262 e. The second-order valence-electron chi connectivity index (χ2n) is 5.38. The topological polar surface area (TPSA) is 47.6 Å². The van der Waals surface area contributed by atoms with Crippen LogP contribution in [0.3, 0.4) is 0 Å². The molecule has 116 valence electrons. The first kappa shape index (κ1) is 15.9. The van der Waals surface area contributed by atoms with E-state index in [0.717, 1.165) is 11.4 Å². The summed E-state index contributed by atoms with van der Waals surface area (Å²) in [6.45, 7) is 4.86. The lowest BCUT2D eigenvalue weighted by atomic mass is 10.2. The van der Waals surface area contributed by atoms with E-state index >= 15 is 0 Å². The van der Waals surface area contributed by atoms with Gasteiger partial charge in [0.1, 0.15) is 11.5 Å². The van der Waals surface area contributed by atoms with Gasteiger partial charge in [0.05, 0.1) is 6.61 Å². The fourth-order valence-electron chi connectivity index (χ4n) is 1.76. The number of ether oxygens (including phenoxy) is 2. The third-order valence-electron chi connectivity index (χ3n) is 2.83. The van der Waals surface area contributed by atoms with Crippen LogP contribution in [-0.2, 0) is 4.79 Å². The van der Waals surface area contributed by atoms with Gasteiger partial charge in [-0.2, -0.15) is 0 Å². The Morgan fingerprint density at radius 3 is 2.23 bits per heavy atom. The van der Waals surface area contributed by atoms with Gasteiger partial charge in [-0.05, 0) is 42.3 Å². The molecule has 1 amide bonds. The van der Waals surface area contributed by atoms with E-state index in [1.807, 2.05) is 54.6 Å². The molecule has 0 aliphatic rings. The van der Waals surface area contributed by atoms with Gasteiger partial charge < -0.3 is 14.8 Å². The molecule has 4 nitrogen and oxygen atoms in total. The van der Waals surface area contributed by atoms with Gasteiger partial charge in [0.25, 0.3) is 5.91 Å². The molecule has 0 saturated carbocycles. The summed E-state index contributed by atoms with van der Waals surface area (Å²) in [4.78, 5) is 11.8. The van der Waals surface area contributed by atoms with Crippen molar-refractivity contribution in [1.82, 2.24) is 0 Å². The Morgan fingerprint density at radius 1 is 0.955 bits per heavy atom. The summed E-state index contributed by atoms with van der Waals surface area (Å²) in [6, 6.07) is 16.6. The molecule has 0 unspecified atom stereocenters. The second kappa shape index (κ2) is 8.08. The average molecular weight is 299 g/mol. The minimum atomic E-state index is -0.195. The molecule has 0 saturated heterocycles. The maximum absolute atomic E-state index is 11.8. The first-order valence-corrected chi connectivity index (χ1v) is 7.34. The monoisotopic (exact) mass is 299 g/mol. The minimum absolute atomic E-state index is 0.0182. The van der Waals surface area contributed by atoms with Crippen LogP contribution in [0.25, 0.3) is 0 Å². The van der Waals surface area contributed by atoms with Crippen LogP contribution in [0.4, 0.5) is 5.69 Å². The van der Waals surface area contributed by atoms with Crippen LogP contribution in [0.1, 0.15) is 13.8 Å². The van der Waals surface area contributed by atoms with Gasteiger partial charge in [-0.1, -0.05) is 32.0 Å². The third-order valence-corrected chi connectivity index (χ3v) is 2.83. The Kier molecular flexibility index (Phi) is 5.83. The van der Waals surface area contributed by atoms with E-state index in [2.05, 4.69) is 19.2 Å². The van der Waals surface area contributed by atoms with Crippen LogP contribution in [-0.4, -0.2) is 19.1 Å². The summed E-state index contributed by atoms with van der Waals surface area (Å²) < 4.78 is 11.0. The number of benzene rings is 2. The molecular formula is C18H21NO3. The molecule has 2 aromatic rings. The number of rotatable bonds is 7. The van der Waals surface area contributed by atoms with E-state index < -0.39 is 0 Å². The van der Waals surface area contributed by atoms with Gasteiger partial charge in [0, 0.05) is 5.69 Å². The van der Waals surface area contributed by atoms with E-state index in [1.165, 1.54) is 0 Å². The maximum atomic E-state index is 11.8.